The molecule has 0 unspecified atom stereocenters. The molecule has 0 aromatic heterocycles. The van der Waals surface area contributed by atoms with Crippen molar-refractivity contribution in [2.45, 2.75) is 14.7 Å². The quantitative estimate of drug-likeness (QED) is 0.370. The van der Waals surface area contributed by atoms with E-state index >= 15 is 0 Å². The normalized spacial score (nSPS) is 13.2. The summed E-state index contributed by atoms with van der Waals surface area (Å²) < 4.78 is 96.7. The van der Waals surface area contributed by atoms with Gasteiger partial charge in [-0.1, -0.05) is 18.2 Å². The van der Waals surface area contributed by atoms with Gasteiger partial charge in [0.05, 0.1) is 15.5 Å². The van der Waals surface area contributed by atoms with Gasteiger partial charge in [0.2, 0.25) is 0 Å². The van der Waals surface area contributed by atoms with Crippen LogP contribution in [0.5, 0.6) is 0 Å². The predicted octanol–water partition coefficient (Wildman–Crippen LogP) is 3.00. The van der Waals surface area contributed by atoms with Crippen molar-refractivity contribution < 1.29 is 38.9 Å². The fourth-order valence-electron chi connectivity index (χ4n) is 2.55. The third-order valence-corrected chi connectivity index (χ3v) is 6.47. The van der Waals surface area contributed by atoms with Crippen molar-refractivity contribution in [1.29, 1.82) is 0 Å². The van der Waals surface area contributed by atoms with Crippen LogP contribution in [0.1, 0.15) is 0 Å². The first kappa shape index (κ1) is 21.9. The Hall–Kier alpha value is -2.75. The molecule has 3 N–H and O–H groups in total. The van der Waals surface area contributed by atoms with E-state index in [4.69, 9.17) is 4.55 Å². The van der Waals surface area contributed by atoms with Gasteiger partial charge in [-0.3, -0.25) is 13.7 Å². The van der Waals surface area contributed by atoms with Crippen LogP contribution in [0, 0.1) is 0 Å². The lowest BCUT2D eigenvalue weighted by Crippen LogP contribution is -2.00. The van der Waals surface area contributed by atoms with E-state index in [1.807, 2.05) is 0 Å². The van der Waals surface area contributed by atoms with Crippen molar-refractivity contribution in [2.24, 2.45) is 10.2 Å². The summed E-state index contributed by atoms with van der Waals surface area (Å²) in [6, 6.07) is 10.2. The molecule has 0 aliphatic rings. The average molecular weight is 472 g/mol. The lowest BCUT2D eigenvalue weighted by Gasteiger charge is -2.08. The van der Waals surface area contributed by atoms with Gasteiger partial charge < -0.3 is 0 Å². The highest BCUT2D eigenvalue weighted by Crippen LogP contribution is 2.36. The van der Waals surface area contributed by atoms with Crippen molar-refractivity contribution in [3.05, 3.63) is 54.6 Å². The van der Waals surface area contributed by atoms with Crippen LogP contribution in [0.2, 0.25) is 0 Å². The van der Waals surface area contributed by atoms with Crippen molar-refractivity contribution in [2.75, 3.05) is 0 Å². The minimum Gasteiger partial charge on any atom is -0.282 e. The van der Waals surface area contributed by atoms with Gasteiger partial charge in [-0.25, -0.2) is 0 Å². The summed E-state index contributed by atoms with van der Waals surface area (Å²) in [7, 11) is -14.0. The molecule has 0 heterocycles. The highest BCUT2D eigenvalue weighted by Gasteiger charge is 2.20. The number of hydrogen-bond donors (Lipinski definition) is 3. The molecule has 0 aliphatic carbocycles. The zero-order valence-corrected chi connectivity index (χ0v) is 17.1. The van der Waals surface area contributed by atoms with E-state index < -0.39 is 50.7 Å². The largest absolute Gasteiger partial charge is 0.296 e. The fraction of sp³-hybridized carbons (Fsp3) is 0. The minimum absolute atomic E-state index is 0.0741. The molecule has 0 fully saturated rings. The monoisotopic (exact) mass is 472 g/mol. The highest BCUT2D eigenvalue weighted by atomic mass is 32.2. The molecule has 0 atom stereocenters. The number of benzene rings is 3. The van der Waals surface area contributed by atoms with Crippen LogP contribution in [-0.2, 0) is 30.4 Å². The molecule has 14 heteroatoms. The van der Waals surface area contributed by atoms with E-state index in [0.29, 0.717) is 5.39 Å². The molecule has 3 aromatic carbocycles. The lowest BCUT2D eigenvalue weighted by molar-refractivity contribution is 0.481. The Morgan fingerprint density at radius 3 is 1.83 bits per heavy atom. The molecule has 3 rings (SSSR count). The van der Waals surface area contributed by atoms with Gasteiger partial charge in [0.1, 0.15) is 10.6 Å². The maximum absolute atomic E-state index is 11.8. The molecule has 158 valence electrons. The molecule has 0 saturated heterocycles. The van der Waals surface area contributed by atoms with Crippen molar-refractivity contribution >= 4 is 52.5 Å². The molecule has 0 bridgehead atoms. The molecule has 0 amide bonds. The average Bonchev–Trinajstić information content (AvgIpc) is 2.63. The second-order valence-corrected chi connectivity index (χ2v) is 10.2. The second-order valence-electron chi connectivity index (χ2n) is 5.92. The highest BCUT2D eigenvalue weighted by molar-refractivity contribution is 7.86. The first-order chi connectivity index (χ1) is 13.8. The number of azo groups is 1. The van der Waals surface area contributed by atoms with E-state index in [-0.39, 0.29) is 11.1 Å². The van der Waals surface area contributed by atoms with Crippen LogP contribution >= 0.6 is 0 Å². The van der Waals surface area contributed by atoms with Crippen molar-refractivity contribution in [3.8, 4) is 0 Å². The van der Waals surface area contributed by atoms with Gasteiger partial charge in [0.15, 0.2) is 0 Å². The third-order valence-electron chi connectivity index (χ3n) is 3.88. The van der Waals surface area contributed by atoms with E-state index in [0.717, 1.165) is 30.3 Å². The third kappa shape index (κ3) is 4.69. The number of rotatable bonds is 5. The number of fused-ring (bicyclic) bond motifs is 1. The summed E-state index contributed by atoms with van der Waals surface area (Å²) in [5, 5.41) is 7.72. The zero-order valence-electron chi connectivity index (χ0n) is 14.6. The molecule has 0 saturated carbocycles. The molecule has 30 heavy (non-hydrogen) atoms. The van der Waals surface area contributed by atoms with Gasteiger partial charge in [0, 0.05) is 5.39 Å². The van der Waals surface area contributed by atoms with Crippen LogP contribution in [0.15, 0.2) is 79.5 Å². The summed E-state index contributed by atoms with van der Waals surface area (Å²) in [6.07, 6.45) is 0. The van der Waals surface area contributed by atoms with E-state index in [1.165, 1.54) is 24.3 Å². The molecule has 11 nitrogen and oxygen atoms in total. The second kappa shape index (κ2) is 7.50. The van der Waals surface area contributed by atoms with Crippen LogP contribution in [0.3, 0.4) is 0 Å². The fourth-order valence-corrected chi connectivity index (χ4v) is 4.21. The number of nitrogens with zero attached hydrogens (tertiary/aromatic N) is 2. The smallest absolute Gasteiger partial charge is 0.282 e. The molecule has 0 aliphatic heterocycles. The van der Waals surface area contributed by atoms with E-state index in [9.17, 15) is 34.4 Å². The zero-order chi connectivity index (χ0) is 22.3. The maximum Gasteiger partial charge on any atom is 0.296 e. The first-order valence-corrected chi connectivity index (χ1v) is 12.1. The SMILES string of the molecule is O=S(=O)(O)c1cccc(N=Nc2c(S(=O)(=O)O)ccc3ccc(S(=O)(=O)O)cc23)c1. The summed E-state index contributed by atoms with van der Waals surface area (Å²) in [6.45, 7) is 0. The summed E-state index contributed by atoms with van der Waals surface area (Å²) in [5.41, 5.74) is -0.535. The molecular formula is C16H12N2O9S3. The van der Waals surface area contributed by atoms with Gasteiger partial charge in [-0.05, 0) is 41.8 Å². The Balaban J connectivity index is 2.28. The van der Waals surface area contributed by atoms with Crippen LogP contribution < -0.4 is 0 Å². The predicted molar refractivity (Wildman–Crippen MR) is 104 cm³/mol. The Morgan fingerprint density at radius 1 is 0.633 bits per heavy atom. The van der Waals surface area contributed by atoms with Crippen LogP contribution in [-0.4, -0.2) is 38.9 Å². The summed E-state index contributed by atoms with van der Waals surface area (Å²) >= 11 is 0. The van der Waals surface area contributed by atoms with E-state index in [2.05, 4.69) is 10.2 Å². The summed E-state index contributed by atoms with van der Waals surface area (Å²) in [4.78, 5) is -1.73. The Kier molecular flexibility index (Phi) is 5.48. The van der Waals surface area contributed by atoms with Gasteiger partial charge in [0.25, 0.3) is 30.4 Å². The van der Waals surface area contributed by atoms with Gasteiger partial charge in [-0.15, -0.1) is 5.11 Å². The molecule has 0 radical (unpaired) electrons. The molecule has 0 spiro atoms. The van der Waals surface area contributed by atoms with Crippen LogP contribution in [0.25, 0.3) is 10.8 Å². The Morgan fingerprint density at radius 2 is 1.23 bits per heavy atom. The summed E-state index contributed by atoms with van der Waals surface area (Å²) in [5.74, 6) is 0. The van der Waals surface area contributed by atoms with Crippen LogP contribution in [0.4, 0.5) is 11.4 Å². The van der Waals surface area contributed by atoms with Gasteiger partial charge in [-0.2, -0.15) is 30.4 Å². The van der Waals surface area contributed by atoms with E-state index in [1.54, 1.807) is 0 Å². The van der Waals surface area contributed by atoms with Gasteiger partial charge >= 0.3 is 0 Å². The lowest BCUT2D eigenvalue weighted by atomic mass is 10.1. The Bertz CT molecular complexity index is 1510. The molecular weight excluding hydrogens is 460 g/mol. The van der Waals surface area contributed by atoms with Crippen molar-refractivity contribution in [3.63, 3.8) is 0 Å². The standard InChI is InChI=1S/C16H12N2O9S3/c19-28(20,21)12-3-1-2-11(8-12)17-18-16-14-9-13(29(22,23)24)6-4-10(14)5-7-15(16)30(25,26)27/h1-9H,(H,19,20,21)(H,22,23,24)(H,25,26,27). The topological polar surface area (TPSA) is 188 Å². The van der Waals surface area contributed by atoms with Crippen molar-refractivity contribution in [1.82, 2.24) is 0 Å². The number of hydrogen-bond acceptors (Lipinski definition) is 8. The minimum atomic E-state index is -4.81. The Labute approximate surface area is 171 Å². The maximum atomic E-state index is 11.8. The first-order valence-electron chi connectivity index (χ1n) is 7.78. The molecule has 3 aromatic rings.